The summed E-state index contributed by atoms with van der Waals surface area (Å²) in [4.78, 5) is 4.20. The molecule has 21 heavy (non-hydrogen) atoms. The third kappa shape index (κ3) is 3.23. The van der Waals surface area contributed by atoms with Crippen LogP contribution < -0.4 is 5.73 Å². The minimum Gasteiger partial charge on any atom is -0.376 e. The first-order valence-corrected chi connectivity index (χ1v) is 7.17. The Morgan fingerprint density at radius 1 is 1.48 bits per heavy atom. The molecule has 1 aliphatic rings. The van der Waals surface area contributed by atoms with Gasteiger partial charge in [0.1, 0.15) is 5.82 Å². The fraction of sp³-hybridized carbons (Fsp3) is 0.429. The van der Waals surface area contributed by atoms with Crippen molar-refractivity contribution in [1.82, 2.24) is 10.1 Å². The van der Waals surface area contributed by atoms with Gasteiger partial charge in [-0.3, -0.25) is 0 Å². The molecule has 1 heterocycles. The molecule has 1 aromatic heterocycles. The second-order valence-electron chi connectivity index (χ2n) is 5.07. The lowest BCUT2D eigenvalue weighted by Gasteiger charge is -2.26. The maximum Gasteiger partial charge on any atom is 0.259 e. The summed E-state index contributed by atoms with van der Waals surface area (Å²) in [5, 5.41) is 4.05. The third-order valence-electron chi connectivity index (χ3n) is 3.50. The smallest absolute Gasteiger partial charge is 0.259 e. The maximum absolute atomic E-state index is 13.0. The van der Waals surface area contributed by atoms with Gasteiger partial charge in [0.25, 0.3) is 5.89 Å². The lowest BCUT2D eigenvalue weighted by molar-refractivity contribution is -0.00549. The van der Waals surface area contributed by atoms with Gasteiger partial charge < -0.3 is 15.0 Å². The van der Waals surface area contributed by atoms with Gasteiger partial charge in [0, 0.05) is 0 Å². The topological polar surface area (TPSA) is 74.2 Å². The largest absolute Gasteiger partial charge is 0.376 e. The van der Waals surface area contributed by atoms with Gasteiger partial charge in [-0.25, -0.2) is 4.39 Å². The van der Waals surface area contributed by atoms with Gasteiger partial charge in [0.2, 0.25) is 0 Å². The molecule has 2 N–H and O–H groups in total. The zero-order valence-corrected chi connectivity index (χ0v) is 12.0. The molecule has 1 atom stereocenters. The van der Waals surface area contributed by atoms with Crippen molar-refractivity contribution in [3.63, 3.8) is 0 Å². The first kappa shape index (κ1) is 14.4. The number of hydrogen-bond donors (Lipinski definition) is 1. The van der Waals surface area contributed by atoms with Crippen LogP contribution in [-0.2, 0) is 4.74 Å². The first-order valence-electron chi connectivity index (χ1n) is 6.79. The van der Waals surface area contributed by atoms with Crippen LogP contribution in [0.3, 0.4) is 0 Å². The standard InChI is InChI=1S/C14H15ClFN3O2/c15-11-6-8(16)4-5-10(11)14-18-13(19-21-14)12(17)7-20-9-2-1-3-9/h4-6,9,12H,1-3,7,17H2. The summed E-state index contributed by atoms with van der Waals surface area (Å²) >= 11 is 5.96. The third-order valence-corrected chi connectivity index (χ3v) is 3.81. The molecule has 0 spiro atoms. The monoisotopic (exact) mass is 311 g/mol. The molecule has 5 nitrogen and oxygen atoms in total. The average molecular weight is 312 g/mol. The van der Waals surface area contributed by atoms with Crippen LogP contribution in [0.2, 0.25) is 5.02 Å². The second kappa shape index (κ2) is 6.09. The van der Waals surface area contributed by atoms with Gasteiger partial charge in [-0.1, -0.05) is 16.8 Å². The summed E-state index contributed by atoms with van der Waals surface area (Å²) in [5.41, 5.74) is 6.45. The molecule has 1 unspecified atom stereocenters. The van der Waals surface area contributed by atoms with Crippen molar-refractivity contribution in [2.75, 3.05) is 6.61 Å². The van der Waals surface area contributed by atoms with Crippen molar-refractivity contribution in [2.45, 2.75) is 31.4 Å². The molecule has 1 saturated carbocycles. The van der Waals surface area contributed by atoms with E-state index in [1.54, 1.807) is 0 Å². The van der Waals surface area contributed by atoms with E-state index in [-0.39, 0.29) is 10.9 Å². The number of aromatic nitrogens is 2. The Morgan fingerprint density at radius 3 is 2.95 bits per heavy atom. The molecule has 0 radical (unpaired) electrons. The van der Waals surface area contributed by atoms with Crippen LogP contribution in [0.15, 0.2) is 22.7 Å². The van der Waals surface area contributed by atoms with Crippen LogP contribution in [0.25, 0.3) is 11.5 Å². The van der Waals surface area contributed by atoms with Crippen LogP contribution in [-0.4, -0.2) is 22.9 Å². The van der Waals surface area contributed by atoms with Crippen LogP contribution in [0.4, 0.5) is 4.39 Å². The van der Waals surface area contributed by atoms with E-state index in [4.69, 9.17) is 26.6 Å². The average Bonchev–Trinajstić information content (AvgIpc) is 2.86. The van der Waals surface area contributed by atoms with Crippen molar-refractivity contribution in [2.24, 2.45) is 5.73 Å². The highest BCUT2D eigenvalue weighted by Gasteiger charge is 2.22. The van der Waals surface area contributed by atoms with Gasteiger partial charge in [-0.2, -0.15) is 4.98 Å². The van der Waals surface area contributed by atoms with Crippen LogP contribution in [0.5, 0.6) is 0 Å². The van der Waals surface area contributed by atoms with Crippen LogP contribution in [0.1, 0.15) is 31.1 Å². The van der Waals surface area contributed by atoms with Crippen molar-refractivity contribution >= 4 is 11.6 Å². The number of ether oxygens (including phenoxy) is 1. The first-order chi connectivity index (χ1) is 10.1. The molecule has 7 heteroatoms. The van der Waals surface area contributed by atoms with Crippen LogP contribution >= 0.6 is 11.6 Å². The SMILES string of the molecule is NC(COC1CCC1)c1noc(-c2ccc(F)cc2Cl)n1. The number of hydrogen-bond acceptors (Lipinski definition) is 5. The Kier molecular flexibility index (Phi) is 4.19. The zero-order chi connectivity index (χ0) is 14.8. The van der Waals surface area contributed by atoms with Gasteiger partial charge in [0.15, 0.2) is 5.82 Å². The van der Waals surface area contributed by atoms with E-state index in [0.717, 1.165) is 12.8 Å². The summed E-state index contributed by atoms with van der Waals surface area (Å²) in [7, 11) is 0. The Morgan fingerprint density at radius 2 is 2.29 bits per heavy atom. The number of nitrogens with zero attached hydrogens (tertiary/aromatic N) is 2. The Bertz CT molecular complexity index is 630. The molecule has 0 bridgehead atoms. The van der Waals surface area contributed by atoms with E-state index in [9.17, 15) is 4.39 Å². The molecule has 3 rings (SSSR count). The van der Waals surface area contributed by atoms with Crippen LogP contribution in [0, 0.1) is 5.82 Å². The molecule has 1 aliphatic carbocycles. The normalized spacial score (nSPS) is 16.7. The lowest BCUT2D eigenvalue weighted by atomic mass is 9.96. The molecule has 1 aromatic carbocycles. The van der Waals surface area contributed by atoms with E-state index >= 15 is 0 Å². The molecular formula is C14H15ClFN3O2. The number of benzene rings is 1. The number of nitrogens with two attached hydrogens (primary N) is 1. The van der Waals surface area contributed by atoms with Gasteiger partial charge in [-0.05, 0) is 37.5 Å². The maximum atomic E-state index is 13.0. The van der Waals surface area contributed by atoms with Gasteiger partial charge in [0.05, 0.1) is 29.3 Å². The van der Waals surface area contributed by atoms with E-state index < -0.39 is 11.9 Å². The fourth-order valence-electron chi connectivity index (χ4n) is 2.01. The lowest BCUT2D eigenvalue weighted by Crippen LogP contribution is -2.27. The highest BCUT2D eigenvalue weighted by molar-refractivity contribution is 6.33. The fourth-order valence-corrected chi connectivity index (χ4v) is 2.26. The van der Waals surface area contributed by atoms with Crippen molar-refractivity contribution in [3.8, 4) is 11.5 Å². The highest BCUT2D eigenvalue weighted by atomic mass is 35.5. The van der Waals surface area contributed by atoms with Crippen molar-refractivity contribution in [1.29, 1.82) is 0 Å². The highest BCUT2D eigenvalue weighted by Crippen LogP contribution is 2.28. The van der Waals surface area contributed by atoms with Gasteiger partial charge in [-0.15, -0.1) is 0 Å². The van der Waals surface area contributed by atoms with E-state index in [0.29, 0.717) is 24.1 Å². The van der Waals surface area contributed by atoms with Gasteiger partial charge >= 0.3 is 0 Å². The van der Waals surface area contributed by atoms with Crippen molar-refractivity contribution in [3.05, 3.63) is 34.9 Å². The molecule has 0 aliphatic heterocycles. The minimum absolute atomic E-state index is 0.212. The molecule has 112 valence electrons. The summed E-state index contributed by atoms with van der Waals surface area (Å²) in [6.45, 7) is 0.348. The predicted octanol–water partition coefficient (Wildman–Crippen LogP) is 3.10. The summed E-state index contributed by atoms with van der Waals surface area (Å²) < 4.78 is 23.8. The molecule has 2 aromatic rings. The van der Waals surface area contributed by atoms with E-state index in [2.05, 4.69) is 10.1 Å². The number of halogens is 2. The van der Waals surface area contributed by atoms with Crippen molar-refractivity contribution < 1.29 is 13.7 Å². The Hall–Kier alpha value is -1.50. The summed E-state index contributed by atoms with van der Waals surface area (Å²) in [5.74, 6) is 0.146. The quantitative estimate of drug-likeness (QED) is 0.918. The molecular weight excluding hydrogens is 297 g/mol. The van der Waals surface area contributed by atoms with E-state index in [1.165, 1.54) is 24.6 Å². The number of rotatable bonds is 5. The molecule has 0 amide bonds. The summed E-state index contributed by atoms with van der Waals surface area (Å²) in [6.07, 6.45) is 3.66. The zero-order valence-electron chi connectivity index (χ0n) is 11.3. The molecule has 1 fully saturated rings. The predicted molar refractivity (Wildman–Crippen MR) is 75.2 cm³/mol. The Labute approximate surface area is 126 Å². The minimum atomic E-state index is -0.456. The molecule has 0 saturated heterocycles. The summed E-state index contributed by atoms with van der Waals surface area (Å²) in [6, 6.07) is 3.51. The second-order valence-corrected chi connectivity index (χ2v) is 5.48. The Balaban J connectivity index is 1.69. The van der Waals surface area contributed by atoms with E-state index in [1.807, 2.05) is 0 Å².